The quantitative estimate of drug-likeness (QED) is 0.900. The standard InChI is InChI=1S/C15H19F2NO4S/c16-12-4-3-10(8-13(12)17)23(20,21)18-6-1-2-14(18)11-9-22-7-5-15(11)19/h3-4,8,11,14-15,19H,1-2,5-7,9H2/t11-,14-,15-/m1/s1. The van der Waals surface area contributed by atoms with Crippen LogP contribution in [-0.2, 0) is 14.8 Å². The number of hydrogen-bond acceptors (Lipinski definition) is 4. The second-order valence-electron chi connectivity index (χ2n) is 6.00. The van der Waals surface area contributed by atoms with Gasteiger partial charge in [-0.3, -0.25) is 0 Å². The highest BCUT2D eigenvalue weighted by Gasteiger charge is 2.43. The van der Waals surface area contributed by atoms with E-state index in [-0.39, 0.29) is 16.9 Å². The van der Waals surface area contributed by atoms with E-state index in [1.165, 1.54) is 4.31 Å². The Balaban J connectivity index is 1.90. The smallest absolute Gasteiger partial charge is 0.243 e. The third kappa shape index (κ3) is 3.13. The number of sulfonamides is 1. The number of halogens is 2. The first kappa shape index (κ1) is 16.8. The number of rotatable bonds is 3. The zero-order valence-corrected chi connectivity index (χ0v) is 13.3. The van der Waals surface area contributed by atoms with E-state index in [1.54, 1.807) is 0 Å². The van der Waals surface area contributed by atoms with E-state index in [1.807, 2.05) is 0 Å². The third-order valence-electron chi connectivity index (χ3n) is 4.60. The molecule has 2 aliphatic rings. The second kappa shape index (κ2) is 6.43. The van der Waals surface area contributed by atoms with Crippen molar-refractivity contribution in [3.05, 3.63) is 29.8 Å². The molecule has 0 aliphatic carbocycles. The van der Waals surface area contributed by atoms with Crippen molar-refractivity contribution in [3.8, 4) is 0 Å². The maximum atomic E-state index is 13.4. The molecular formula is C15H19F2NO4S. The summed E-state index contributed by atoms with van der Waals surface area (Å²) in [6.07, 6.45) is 1.14. The largest absolute Gasteiger partial charge is 0.393 e. The number of benzene rings is 1. The van der Waals surface area contributed by atoms with Crippen molar-refractivity contribution in [1.29, 1.82) is 0 Å². The van der Waals surface area contributed by atoms with Crippen LogP contribution in [0.1, 0.15) is 19.3 Å². The molecule has 5 nitrogen and oxygen atoms in total. The summed E-state index contributed by atoms with van der Waals surface area (Å²) in [6.45, 7) is 1.06. The van der Waals surface area contributed by atoms with Crippen molar-refractivity contribution in [2.45, 2.75) is 36.3 Å². The van der Waals surface area contributed by atoms with Crippen molar-refractivity contribution in [1.82, 2.24) is 4.31 Å². The fourth-order valence-corrected chi connectivity index (χ4v) is 5.13. The molecule has 0 amide bonds. The maximum Gasteiger partial charge on any atom is 0.243 e. The Hall–Kier alpha value is -1.09. The summed E-state index contributed by atoms with van der Waals surface area (Å²) in [5.74, 6) is -2.58. The first-order chi connectivity index (χ1) is 10.9. The number of aliphatic hydroxyl groups is 1. The molecule has 3 rings (SSSR count). The van der Waals surface area contributed by atoms with Gasteiger partial charge in [0, 0.05) is 25.1 Å². The van der Waals surface area contributed by atoms with Gasteiger partial charge in [0.1, 0.15) is 0 Å². The molecule has 1 aromatic rings. The fourth-order valence-electron chi connectivity index (χ4n) is 3.38. The first-order valence-corrected chi connectivity index (χ1v) is 9.08. The van der Waals surface area contributed by atoms with E-state index in [9.17, 15) is 22.3 Å². The van der Waals surface area contributed by atoms with Crippen molar-refractivity contribution in [2.24, 2.45) is 5.92 Å². The lowest BCUT2D eigenvalue weighted by atomic mass is 9.90. The third-order valence-corrected chi connectivity index (χ3v) is 6.52. The molecule has 0 unspecified atom stereocenters. The second-order valence-corrected chi connectivity index (χ2v) is 7.89. The number of aliphatic hydroxyl groups excluding tert-OH is 1. The van der Waals surface area contributed by atoms with Crippen LogP contribution in [0, 0.1) is 17.6 Å². The molecule has 2 fully saturated rings. The van der Waals surface area contributed by atoms with Crippen molar-refractivity contribution >= 4 is 10.0 Å². The van der Waals surface area contributed by atoms with E-state index in [2.05, 4.69) is 0 Å². The summed E-state index contributed by atoms with van der Waals surface area (Å²) >= 11 is 0. The monoisotopic (exact) mass is 347 g/mol. The Labute approximate surface area is 133 Å². The van der Waals surface area contributed by atoms with E-state index < -0.39 is 27.8 Å². The highest BCUT2D eigenvalue weighted by atomic mass is 32.2. The average Bonchev–Trinajstić information content (AvgIpc) is 3.00. The minimum absolute atomic E-state index is 0.269. The van der Waals surface area contributed by atoms with Crippen LogP contribution in [-0.4, -0.2) is 49.7 Å². The molecule has 2 saturated heterocycles. The van der Waals surface area contributed by atoms with Crippen molar-refractivity contribution in [3.63, 3.8) is 0 Å². The van der Waals surface area contributed by atoms with Crippen LogP contribution in [0.15, 0.2) is 23.1 Å². The van der Waals surface area contributed by atoms with Gasteiger partial charge in [-0.15, -0.1) is 0 Å². The molecule has 0 spiro atoms. The molecule has 0 radical (unpaired) electrons. The highest BCUT2D eigenvalue weighted by molar-refractivity contribution is 7.89. The van der Waals surface area contributed by atoms with E-state index in [0.29, 0.717) is 45.1 Å². The zero-order valence-electron chi connectivity index (χ0n) is 12.5. The molecule has 0 saturated carbocycles. The molecule has 0 bridgehead atoms. The van der Waals surface area contributed by atoms with Crippen LogP contribution in [0.5, 0.6) is 0 Å². The maximum absolute atomic E-state index is 13.4. The molecule has 1 aromatic carbocycles. The number of nitrogens with zero attached hydrogens (tertiary/aromatic N) is 1. The van der Waals surface area contributed by atoms with E-state index >= 15 is 0 Å². The molecule has 1 N–H and O–H groups in total. The van der Waals surface area contributed by atoms with Crippen LogP contribution >= 0.6 is 0 Å². The lowest BCUT2D eigenvalue weighted by Crippen LogP contribution is -2.48. The van der Waals surface area contributed by atoms with E-state index in [0.717, 1.165) is 12.1 Å². The summed E-state index contributed by atoms with van der Waals surface area (Å²) in [5, 5.41) is 10.2. The van der Waals surface area contributed by atoms with Crippen LogP contribution in [0.3, 0.4) is 0 Å². The summed E-state index contributed by atoms with van der Waals surface area (Å²) in [6, 6.07) is 2.19. The Morgan fingerprint density at radius 2 is 2.00 bits per heavy atom. The van der Waals surface area contributed by atoms with Crippen LogP contribution < -0.4 is 0 Å². The van der Waals surface area contributed by atoms with Gasteiger partial charge in [0.25, 0.3) is 0 Å². The molecule has 8 heteroatoms. The molecular weight excluding hydrogens is 328 g/mol. The number of ether oxygens (including phenoxy) is 1. The minimum atomic E-state index is -3.94. The summed E-state index contributed by atoms with van der Waals surface area (Å²) in [7, 11) is -3.94. The fraction of sp³-hybridized carbons (Fsp3) is 0.600. The minimum Gasteiger partial charge on any atom is -0.393 e. The lowest BCUT2D eigenvalue weighted by Gasteiger charge is -2.36. The van der Waals surface area contributed by atoms with Gasteiger partial charge < -0.3 is 9.84 Å². The van der Waals surface area contributed by atoms with Crippen LogP contribution in [0.2, 0.25) is 0 Å². The van der Waals surface area contributed by atoms with Gasteiger partial charge in [0.15, 0.2) is 11.6 Å². The normalized spacial score (nSPS) is 29.8. The van der Waals surface area contributed by atoms with E-state index in [4.69, 9.17) is 4.74 Å². The highest BCUT2D eigenvalue weighted by Crippen LogP contribution is 2.34. The predicted molar refractivity (Wildman–Crippen MR) is 78.2 cm³/mol. The molecule has 0 aromatic heterocycles. The average molecular weight is 347 g/mol. The Morgan fingerprint density at radius 1 is 1.22 bits per heavy atom. The number of hydrogen-bond donors (Lipinski definition) is 1. The van der Waals surface area contributed by atoms with Crippen molar-refractivity contribution < 1.29 is 27.0 Å². The molecule has 23 heavy (non-hydrogen) atoms. The topological polar surface area (TPSA) is 66.8 Å². The Kier molecular flexibility index (Phi) is 4.68. The molecule has 128 valence electrons. The van der Waals surface area contributed by atoms with Gasteiger partial charge in [-0.2, -0.15) is 4.31 Å². The van der Waals surface area contributed by atoms with Gasteiger partial charge in [-0.25, -0.2) is 17.2 Å². The van der Waals surface area contributed by atoms with Gasteiger partial charge in [0.05, 0.1) is 17.6 Å². The molecule has 3 atom stereocenters. The summed E-state index contributed by atoms with van der Waals surface area (Å²) in [4.78, 5) is -0.269. The summed E-state index contributed by atoms with van der Waals surface area (Å²) in [5.41, 5.74) is 0. The van der Waals surface area contributed by atoms with Gasteiger partial charge >= 0.3 is 0 Å². The van der Waals surface area contributed by atoms with Crippen LogP contribution in [0.4, 0.5) is 8.78 Å². The predicted octanol–water partition coefficient (Wildman–Crippen LogP) is 1.52. The van der Waals surface area contributed by atoms with Crippen LogP contribution in [0.25, 0.3) is 0 Å². The molecule has 2 heterocycles. The Bertz CT molecular complexity index is 682. The van der Waals surface area contributed by atoms with Crippen molar-refractivity contribution in [2.75, 3.05) is 19.8 Å². The zero-order chi connectivity index (χ0) is 16.6. The lowest BCUT2D eigenvalue weighted by molar-refractivity contribution is -0.0543. The Morgan fingerprint density at radius 3 is 2.70 bits per heavy atom. The van der Waals surface area contributed by atoms with Gasteiger partial charge in [0.2, 0.25) is 10.0 Å². The first-order valence-electron chi connectivity index (χ1n) is 7.64. The van der Waals surface area contributed by atoms with Gasteiger partial charge in [-0.1, -0.05) is 0 Å². The SMILES string of the molecule is O=S(=O)(c1ccc(F)c(F)c1)N1CCC[C@@H]1[C@H]1COCC[C@H]1O. The molecule has 2 aliphatic heterocycles. The van der Waals surface area contributed by atoms with Gasteiger partial charge in [-0.05, 0) is 37.5 Å². The summed E-state index contributed by atoms with van der Waals surface area (Å²) < 4.78 is 58.7.